The lowest BCUT2D eigenvalue weighted by atomic mass is 9.96. The third kappa shape index (κ3) is 3.47. The number of fused-ring (bicyclic) bond motifs is 1. The number of anilines is 1. The number of carbonyl (C=O) groups is 1. The summed E-state index contributed by atoms with van der Waals surface area (Å²) in [7, 11) is -3.56. The van der Waals surface area contributed by atoms with Crippen LogP contribution in [0.4, 0.5) is 5.69 Å². The number of benzene rings is 2. The van der Waals surface area contributed by atoms with Crippen molar-refractivity contribution in [2.75, 3.05) is 18.0 Å². The summed E-state index contributed by atoms with van der Waals surface area (Å²) in [6, 6.07) is 14.5. The quantitative estimate of drug-likeness (QED) is 0.789. The van der Waals surface area contributed by atoms with E-state index in [-0.39, 0.29) is 16.8 Å². The van der Waals surface area contributed by atoms with Crippen LogP contribution in [0.1, 0.15) is 48.5 Å². The van der Waals surface area contributed by atoms with Crippen LogP contribution >= 0.6 is 0 Å². The standard InChI is InChI=1S/C22H26N2O3S/c1-17-12-13-18-8-3-4-11-21(18)24(17)22(25)19-9-7-10-20(16-19)28(26,27)23-14-5-2-6-15-23/h3-4,7-11,16-17H,2,5-6,12-15H2,1H3. The van der Waals surface area contributed by atoms with Crippen LogP contribution in [0, 0.1) is 0 Å². The molecule has 4 rings (SSSR count). The normalized spacial score (nSPS) is 20.6. The number of nitrogens with zero attached hydrogens (tertiary/aromatic N) is 2. The van der Waals surface area contributed by atoms with Crippen molar-refractivity contribution in [2.45, 2.75) is 50.0 Å². The van der Waals surface area contributed by atoms with Gasteiger partial charge in [0, 0.05) is 30.4 Å². The molecule has 2 aromatic carbocycles. The summed E-state index contributed by atoms with van der Waals surface area (Å²) in [6.07, 6.45) is 4.69. The van der Waals surface area contributed by atoms with Crippen molar-refractivity contribution in [1.29, 1.82) is 0 Å². The number of para-hydroxylation sites is 1. The summed E-state index contributed by atoms with van der Waals surface area (Å²) >= 11 is 0. The highest BCUT2D eigenvalue weighted by atomic mass is 32.2. The Kier molecular flexibility index (Phi) is 5.25. The summed E-state index contributed by atoms with van der Waals surface area (Å²) in [5.74, 6) is -0.143. The molecule has 0 radical (unpaired) electrons. The molecule has 2 aliphatic heterocycles. The molecular formula is C22H26N2O3S. The smallest absolute Gasteiger partial charge is 0.258 e. The summed E-state index contributed by atoms with van der Waals surface area (Å²) in [5.41, 5.74) is 2.50. The topological polar surface area (TPSA) is 57.7 Å². The summed E-state index contributed by atoms with van der Waals surface area (Å²) in [5, 5.41) is 0. The number of hydrogen-bond acceptors (Lipinski definition) is 3. The highest BCUT2D eigenvalue weighted by Gasteiger charge is 2.30. The number of carbonyl (C=O) groups excluding carboxylic acids is 1. The van der Waals surface area contributed by atoms with Crippen molar-refractivity contribution < 1.29 is 13.2 Å². The first-order valence-corrected chi connectivity index (χ1v) is 11.4. The average molecular weight is 399 g/mol. The van der Waals surface area contributed by atoms with Crippen molar-refractivity contribution in [1.82, 2.24) is 4.31 Å². The third-order valence-corrected chi connectivity index (χ3v) is 7.67. The highest BCUT2D eigenvalue weighted by molar-refractivity contribution is 7.89. The maximum absolute atomic E-state index is 13.3. The molecule has 5 nitrogen and oxygen atoms in total. The van der Waals surface area contributed by atoms with Gasteiger partial charge in [-0.3, -0.25) is 4.79 Å². The molecule has 2 aliphatic rings. The molecule has 0 N–H and O–H groups in total. The number of sulfonamides is 1. The van der Waals surface area contributed by atoms with E-state index in [0.29, 0.717) is 18.7 Å². The third-order valence-electron chi connectivity index (χ3n) is 5.78. The molecule has 1 fully saturated rings. The van der Waals surface area contributed by atoms with Crippen LogP contribution < -0.4 is 4.90 Å². The van der Waals surface area contributed by atoms with Gasteiger partial charge in [0.05, 0.1) is 4.90 Å². The van der Waals surface area contributed by atoms with Crippen molar-refractivity contribution in [2.24, 2.45) is 0 Å². The van der Waals surface area contributed by atoms with Gasteiger partial charge in [-0.25, -0.2) is 8.42 Å². The van der Waals surface area contributed by atoms with Gasteiger partial charge in [-0.2, -0.15) is 4.31 Å². The summed E-state index contributed by atoms with van der Waals surface area (Å²) < 4.78 is 27.5. The molecule has 1 unspecified atom stereocenters. The van der Waals surface area contributed by atoms with Crippen LogP contribution in [-0.4, -0.2) is 37.8 Å². The predicted octanol–water partition coefficient (Wildman–Crippen LogP) is 3.84. The lowest BCUT2D eigenvalue weighted by Crippen LogP contribution is -2.42. The number of hydrogen-bond donors (Lipinski definition) is 0. The molecule has 28 heavy (non-hydrogen) atoms. The van der Waals surface area contributed by atoms with E-state index in [1.54, 1.807) is 22.5 Å². The second-order valence-corrected chi connectivity index (χ2v) is 9.62. The van der Waals surface area contributed by atoms with Crippen molar-refractivity contribution in [3.05, 3.63) is 59.7 Å². The van der Waals surface area contributed by atoms with E-state index >= 15 is 0 Å². The van der Waals surface area contributed by atoms with Crippen LogP contribution in [0.15, 0.2) is 53.4 Å². The molecule has 2 heterocycles. The molecule has 0 aromatic heterocycles. The first-order valence-electron chi connectivity index (χ1n) is 10.00. The van der Waals surface area contributed by atoms with E-state index in [2.05, 4.69) is 6.07 Å². The van der Waals surface area contributed by atoms with Crippen molar-refractivity contribution in [3.63, 3.8) is 0 Å². The number of rotatable bonds is 3. The van der Waals surface area contributed by atoms with Crippen LogP contribution in [-0.2, 0) is 16.4 Å². The molecule has 1 atom stereocenters. The Morgan fingerprint density at radius 3 is 2.54 bits per heavy atom. The van der Waals surface area contributed by atoms with E-state index in [9.17, 15) is 13.2 Å². The molecule has 0 bridgehead atoms. The largest absolute Gasteiger partial charge is 0.305 e. The van der Waals surface area contributed by atoms with Crippen LogP contribution in [0.25, 0.3) is 0 Å². The van der Waals surface area contributed by atoms with Crippen LogP contribution in [0.5, 0.6) is 0 Å². The van der Waals surface area contributed by atoms with E-state index in [1.165, 1.54) is 6.07 Å². The van der Waals surface area contributed by atoms with Gasteiger partial charge in [0.15, 0.2) is 0 Å². The monoisotopic (exact) mass is 398 g/mol. The zero-order chi connectivity index (χ0) is 19.7. The second-order valence-electron chi connectivity index (χ2n) is 7.68. The predicted molar refractivity (Wildman–Crippen MR) is 110 cm³/mol. The van der Waals surface area contributed by atoms with E-state index in [0.717, 1.165) is 43.4 Å². The van der Waals surface area contributed by atoms with Crippen molar-refractivity contribution >= 4 is 21.6 Å². The van der Waals surface area contributed by atoms with Gasteiger partial charge in [0.1, 0.15) is 0 Å². The Hall–Kier alpha value is -2.18. The minimum Gasteiger partial charge on any atom is -0.305 e. The molecular weight excluding hydrogens is 372 g/mol. The van der Waals surface area contributed by atoms with Gasteiger partial charge in [0.2, 0.25) is 10.0 Å². The van der Waals surface area contributed by atoms with Gasteiger partial charge >= 0.3 is 0 Å². The lowest BCUT2D eigenvalue weighted by Gasteiger charge is -2.35. The Morgan fingerprint density at radius 1 is 1.00 bits per heavy atom. The zero-order valence-electron chi connectivity index (χ0n) is 16.2. The van der Waals surface area contributed by atoms with E-state index in [1.807, 2.05) is 30.0 Å². The van der Waals surface area contributed by atoms with Crippen molar-refractivity contribution in [3.8, 4) is 0 Å². The number of amides is 1. The number of aryl methyl sites for hydroxylation is 1. The molecule has 0 aliphatic carbocycles. The first-order chi connectivity index (χ1) is 13.5. The van der Waals surface area contributed by atoms with Gasteiger partial charge in [0.25, 0.3) is 5.91 Å². The molecule has 148 valence electrons. The van der Waals surface area contributed by atoms with E-state index < -0.39 is 10.0 Å². The van der Waals surface area contributed by atoms with Gasteiger partial charge in [-0.05, 0) is 62.4 Å². The molecule has 0 spiro atoms. The van der Waals surface area contributed by atoms with Gasteiger partial charge in [-0.15, -0.1) is 0 Å². The fourth-order valence-electron chi connectivity index (χ4n) is 4.18. The minimum absolute atomic E-state index is 0.0738. The Morgan fingerprint density at radius 2 is 1.75 bits per heavy atom. The first kappa shape index (κ1) is 19.2. The minimum atomic E-state index is -3.56. The molecule has 2 aromatic rings. The Balaban J connectivity index is 1.67. The molecule has 1 amide bonds. The summed E-state index contributed by atoms with van der Waals surface area (Å²) in [6.45, 7) is 3.15. The number of piperidine rings is 1. The SMILES string of the molecule is CC1CCc2ccccc2N1C(=O)c1cccc(S(=O)(=O)N2CCCCC2)c1. The average Bonchev–Trinajstić information content (AvgIpc) is 2.74. The second kappa shape index (κ2) is 7.68. The fourth-order valence-corrected chi connectivity index (χ4v) is 5.74. The highest BCUT2D eigenvalue weighted by Crippen LogP contribution is 2.32. The zero-order valence-corrected chi connectivity index (χ0v) is 17.0. The summed E-state index contributed by atoms with van der Waals surface area (Å²) in [4.78, 5) is 15.4. The van der Waals surface area contributed by atoms with Gasteiger partial charge in [-0.1, -0.05) is 30.7 Å². The molecule has 1 saturated heterocycles. The maximum atomic E-state index is 13.3. The molecule has 0 saturated carbocycles. The van der Waals surface area contributed by atoms with Crippen LogP contribution in [0.3, 0.4) is 0 Å². The lowest BCUT2D eigenvalue weighted by molar-refractivity contribution is 0.0975. The fraction of sp³-hybridized carbons (Fsp3) is 0.409. The van der Waals surface area contributed by atoms with Crippen LogP contribution in [0.2, 0.25) is 0 Å². The maximum Gasteiger partial charge on any atom is 0.258 e. The molecule has 6 heteroatoms. The Bertz CT molecular complexity index is 981. The Labute approximate surface area is 167 Å². The van der Waals surface area contributed by atoms with E-state index in [4.69, 9.17) is 0 Å². The van der Waals surface area contributed by atoms with Gasteiger partial charge < -0.3 is 4.90 Å².